The summed E-state index contributed by atoms with van der Waals surface area (Å²) in [5.74, 6) is 0.912. The number of anilines is 1. The summed E-state index contributed by atoms with van der Waals surface area (Å²) in [7, 11) is 1.70. The Bertz CT molecular complexity index is 346. The zero-order valence-electron chi connectivity index (χ0n) is 9.95. The summed E-state index contributed by atoms with van der Waals surface area (Å²) in [4.78, 5) is 0. The number of nitrogens with one attached hydrogen (secondary N) is 1. The van der Waals surface area contributed by atoms with Crippen LogP contribution in [0.15, 0.2) is 18.2 Å². The van der Waals surface area contributed by atoms with Gasteiger partial charge in [0.15, 0.2) is 0 Å². The highest BCUT2D eigenvalue weighted by molar-refractivity contribution is 5.51. The Labute approximate surface area is 96.8 Å². The van der Waals surface area contributed by atoms with Crippen LogP contribution in [0.25, 0.3) is 0 Å². The quantitative estimate of drug-likeness (QED) is 0.851. The highest BCUT2D eigenvalue weighted by Crippen LogP contribution is 2.22. The first-order valence-electron chi connectivity index (χ1n) is 5.78. The van der Waals surface area contributed by atoms with Crippen molar-refractivity contribution in [1.29, 1.82) is 0 Å². The lowest BCUT2D eigenvalue weighted by Gasteiger charge is -2.24. The maximum Gasteiger partial charge on any atom is 0.121 e. The first-order chi connectivity index (χ1) is 7.78. The van der Waals surface area contributed by atoms with Gasteiger partial charge in [0.1, 0.15) is 5.75 Å². The van der Waals surface area contributed by atoms with Gasteiger partial charge in [-0.05, 0) is 37.5 Å². The van der Waals surface area contributed by atoms with Gasteiger partial charge in [-0.1, -0.05) is 0 Å². The van der Waals surface area contributed by atoms with E-state index in [0.29, 0.717) is 6.04 Å². The maximum absolute atomic E-state index is 5.34. The molecule has 0 unspecified atom stereocenters. The molecule has 1 saturated heterocycles. The van der Waals surface area contributed by atoms with Crippen LogP contribution in [0.1, 0.15) is 18.4 Å². The lowest BCUT2D eigenvalue weighted by atomic mass is 10.1. The Hall–Kier alpha value is -1.22. The molecule has 0 aliphatic carbocycles. The molecule has 1 heterocycles. The molecule has 0 radical (unpaired) electrons. The monoisotopic (exact) mass is 221 g/mol. The van der Waals surface area contributed by atoms with Crippen LogP contribution in [-0.2, 0) is 4.74 Å². The molecule has 1 aliphatic rings. The number of hydrogen-bond donors (Lipinski definition) is 1. The predicted octanol–water partition coefficient (Wildman–Crippen LogP) is 2.59. The van der Waals surface area contributed by atoms with Crippen molar-refractivity contribution in [3.8, 4) is 5.75 Å². The van der Waals surface area contributed by atoms with Gasteiger partial charge in [0, 0.05) is 31.0 Å². The fraction of sp³-hybridized carbons (Fsp3) is 0.538. The molecule has 0 amide bonds. The van der Waals surface area contributed by atoms with Crippen molar-refractivity contribution in [1.82, 2.24) is 0 Å². The highest BCUT2D eigenvalue weighted by Gasteiger charge is 2.13. The first-order valence-corrected chi connectivity index (χ1v) is 5.78. The van der Waals surface area contributed by atoms with Gasteiger partial charge >= 0.3 is 0 Å². The number of methoxy groups -OCH3 is 1. The normalized spacial score (nSPS) is 17.1. The highest BCUT2D eigenvalue weighted by atomic mass is 16.5. The molecular weight excluding hydrogens is 202 g/mol. The van der Waals surface area contributed by atoms with Gasteiger partial charge in [0.25, 0.3) is 0 Å². The van der Waals surface area contributed by atoms with Crippen molar-refractivity contribution in [2.24, 2.45) is 0 Å². The third-order valence-electron chi connectivity index (χ3n) is 2.88. The Kier molecular flexibility index (Phi) is 3.67. The fourth-order valence-corrected chi connectivity index (χ4v) is 2.03. The van der Waals surface area contributed by atoms with Crippen LogP contribution in [0.4, 0.5) is 5.69 Å². The summed E-state index contributed by atoms with van der Waals surface area (Å²) in [5.41, 5.74) is 2.36. The van der Waals surface area contributed by atoms with E-state index >= 15 is 0 Å². The number of rotatable bonds is 3. The van der Waals surface area contributed by atoms with Crippen molar-refractivity contribution in [3.05, 3.63) is 23.8 Å². The standard InChI is InChI=1S/C13H19NO2/c1-10-7-12(9-13(8-10)15-2)14-11-3-5-16-6-4-11/h7-9,11,14H,3-6H2,1-2H3. The van der Waals surface area contributed by atoms with Crippen LogP contribution >= 0.6 is 0 Å². The van der Waals surface area contributed by atoms with E-state index in [9.17, 15) is 0 Å². The Balaban J connectivity index is 2.04. The Morgan fingerprint density at radius 2 is 2.00 bits per heavy atom. The number of hydrogen-bond acceptors (Lipinski definition) is 3. The lowest BCUT2D eigenvalue weighted by Crippen LogP contribution is -2.27. The molecule has 88 valence electrons. The first kappa shape index (κ1) is 11.3. The maximum atomic E-state index is 5.34. The Morgan fingerprint density at radius 1 is 1.25 bits per heavy atom. The Morgan fingerprint density at radius 3 is 2.69 bits per heavy atom. The summed E-state index contributed by atoms with van der Waals surface area (Å²) >= 11 is 0. The summed E-state index contributed by atoms with van der Waals surface area (Å²) in [6.07, 6.45) is 2.16. The third-order valence-corrected chi connectivity index (χ3v) is 2.88. The number of aryl methyl sites for hydroxylation is 1. The zero-order valence-corrected chi connectivity index (χ0v) is 9.95. The van der Waals surface area contributed by atoms with Crippen LogP contribution in [0.2, 0.25) is 0 Å². The minimum absolute atomic E-state index is 0.528. The summed E-state index contributed by atoms with van der Waals surface area (Å²) in [5, 5.41) is 3.54. The average molecular weight is 221 g/mol. The van der Waals surface area contributed by atoms with E-state index in [1.54, 1.807) is 7.11 Å². The summed E-state index contributed by atoms with van der Waals surface area (Å²) in [6.45, 7) is 3.80. The average Bonchev–Trinajstić information content (AvgIpc) is 2.29. The van der Waals surface area contributed by atoms with Gasteiger partial charge in [0.2, 0.25) is 0 Å². The smallest absolute Gasteiger partial charge is 0.121 e. The van der Waals surface area contributed by atoms with Crippen LogP contribution in [-0.4, -0.2) is 26.4 Å². The molecule has 0 bridgehead atoms. The minimum atomic E-state index is 0.528. The van der Waals surface area contributed by atoms with E-state index in [-0.39, 0.29) is 0 Å². The van der Waals surface area contributed by atoms with Crippen LogP contribution in [0.5, 0.6) is 5.75 Å². The number of ether oxygens (including phenoxy) is 2. The van der Waals surface area contributed by atoms with Gasteiger partial charge in [-0.3, -0.25) is 0 Å². The molecule has 0 saturated carbocycles. The molecule has 16 heavy (non-hydrogen) atoms. The molecule has 3 nitrogen and oxygen atoms in total. The van der Waals surface area contributed by atoms with Crippen molar-refractivity contribution in [2.45, 2.75) is 25.8 Å². The van der Waals surface area contributed by atoms with Crippen molar-refractivity contribution in [3.63, 3.8) is 0 Å². The second-order valence-electron chi connectivity index (χ2n) is 4.27. The van der Waals surface area contributed by atoms with E-state index in [2.05, 4.69) is 18.3 Å². The van der Waals surface area contributed by atoms with E-state index in [1.165, 1.54) is 5.56 Å². The minimum Gasteiger partial charge on any atom is -0.497 e. The molecule has 0 spiro atoms. The molecule has 1 aromatic rings. The van der Waals surface area contributed by atoms with Crippen molar-refractivity contribution >= 4 is 5.69 Å². The lowest BCUT2D eigenvalue weighted by molar-refractivity contribution is 0.0904. The van der Waals surface area contributed by atoms with Gasteiger partial charge in [-0.25, -0.2) is 0 Å². The SMILES string of the molecule is COc1cc(C)cc(NC2CCOCC2)c1. The molecule has 3 heteroatoms. The molecule has 1 fully saturated rings. The molecule has 0 atom stereocenters. The van der Waals surface area contributed by atoms with Crippen LogP contribution in [0.3, 0.4) is 0 Å². The van der Waals surface area contributed by atoms with E-state index in [1.807, 2.05) is 12.1 Å². The van der Waals surface area contributed by atoms with E-state index < -0.39 is 0 Å². The number of benzene rings is 1. The van der Waals surface area contributed by atoms with E-state index in [4.69, 9.17) is 9.47 Å². The van der Waals surface area contributed by atoms with Gasteiger partial charge in [0.05, 0.1) is 7.11 Å². The topological polar surface area (TPSA) is 30.5 Å². The zero-order chi connectivity index (χ0) is 11.4. The largest absolute Gasteiger partial charge is 0.497 e. The third kappa shape index (κ3) is 2.89. The second-order valence-corrected chi connectivity index (χ2v) is 4.27. The molecule has 1 aromatic carbocycles. The van der Waals surface area contributed by atoms with Gasteiger partial charge in [-0.2, -0.15) is 0 Å². The molecule has 1 aliphatic heterocycles. The van der Waals surface area contributed by atoms with Crippen molar-refractivity contribution in [2.75, 3.05) is 25.6 Å². The molecular formula is C13H19NO2. The van der Waals surface area contributed by atoms with Crippen molar-refractivity contribution < 1.29 is 9.47 Å². The van der Waals surface area contributed by atoms with Gasteiger partial charge < -0.3 is 14.8 Å². The predicted molar refractivity (Wildman–Crippen MR) is 65.2 cm³/mol. The van der Waals surface area contributed by atoms with Crippen LogP contribution in [0, 0.1) is 6.92 Å². The molecule has 1 N–H and O–H groups in total. The molecule has 0 aromatic heterocycles. The second kappa shape index (κ2) is 5.21. The van der Waals surface area contributed by atoms with Gasteiger partial charge in [-0.15, -0.1) is 0 Å². The fourth-order valence-electron chi connectivity index (χ4n) is 2.03. The summed E-state index contributed by atoms with van der Waals surface area (Å²) < 4.78 is 10.6. The van der Waals surface area contributed by atoms with Crippen LogP contribution < -0.4 is 10.1 Å². The molecule has 2 rings (SSSR count). The summed E-state index contributed by atoms with van der Waals surface area (Å²) in [6, 6.07) is 6.76. The van der Waals surface area contributed by atoms with E-state index in [0.717, 1.165) is 37.5 Å².